The molecule has 2 aromatic heterocycles. The third kappa shape index (κ3) is 10.8. The smallest absolute Gasteiger partial charge is 0.387 e. The summed E-state index contributed by atoms with van der Waals surface area (Å²) in [5, 5.41) is 30.1. The van der Waals surface area contributed by atoms with Crippen LogP contribution in [0.25, 0.3) is 11.2 Å². The number of hydrogen-bond acceptors (Lipinski definition) is 14. The van der Waals surface area contributed by atoms with E-state index in [0.717, 1.165) is 19.5 Å². The summed E-state index contributed by atoms with van der Waals surface area (Å²) < 4.78 is 70.7. The number of aliphatic hydroxyl groups excluding tert-OH is 2. The minimum absolute atomic E-state index is 0.237. The maximum Gasteiger partial charge on any atom is 0.394 e. The minimum Gasteiger partial charge on any atom is -0.387 e. The Hall–Kier alpha value is -2.31. The molecule has 0 amide bonds. The number of nitrogens with one attached hydrogen (secondary N) is 3. The van der Waals surface area contributed by atoms with E-state index in [-0.39, 0.29) is 5.82 Å². The van der Waals surface area contributed by atoms with Crippen LogP contribution in [0, 0.1) is 0 Å². The van der Waals surface area contributed by atoms with E-state index in [1.807, 2.05) is 7.05 Å². The molecule has 0 saturated carbocycles. The van der Waals surface area contributed by atoms with Crippen LogP contribution in [-0.4, -0.2) is 117 Å². The summed E-state index contributed by atoms with van der Waals surface area (Å²) in [6, 6.07) is 0. The Morgan fingerprint density at radius 1 is 1.03 bits per heavy atom. The van der Waals surface area contributed by atoms with Crippen molar-refractivity contribution in [3.05, 3.63) is 6.33 Å². The monoisotopic (exact) mass is 562 g/mol. The Balaban J connectivity index is 0.000000550. The zero-order chi connectivity index (χ0) is 27.7. The van der Waals surface area contributed by atoms with Gasteiger partial charge in [0.2, 0.25) is 5.95 Å². The second kappa shape index (κ2) is 13.8. The predicted molar refractivity (Wildman–Crippen MR) is 125 cm³/mol. The summed E-state index contributed by atoms with van der Waals surface area (Å²) in [7, 11) is -5.74. The summed E-state index contributed by atoms with van der Waals surface area (Å²) in [6.07, 6.45) is -1.26. The molecule has 36 heavy (non-hydrogen) atoms. The first kappa shape index (κ1) is 31.7. The van der Waals surface area contributed by atoms with Gasteiger partial charge in [0.25, 0.3) is 0 Å². The lowest BCUT2D eigenvalue weighted by Gasteiger charge is -2.19. The number of anilines is 2. The van der Waals surface area contributed by atoms with Crippen molar-refractivity contribution in [3.8, 4) is 0 Å². The van der Waals surface area contributed by atoms with Gasteiger partial charge in [-0.1, -0.05) is 0 Å². The third-order valence-corrected chi connectivity index (χ3v) is 4.45. The number of nitrogens with two attached hydrogens (primary N) is 1. The van der Waals surface area contributed by atoms with E-state index in [0.29, 0.717) is 23.7 Å². The maximum absolute atomic E-state index is 10.5. The van der Waals surface area contributed by atoms with E-state index in [4.69, 9.17) is 45.5 Å². The van der Waals surface area contributed by atoms with Gasteiger partial charge in [-0.3, -0.25) is 22.8 Å². The Labute approximate surface area is 206 Å². The van der Waals surface area contributed by atoms with Crippen LogP contribution in [0.15, 0.2) is 6.33 Å². The first-order valence-electron chi connectivity index (χ1n) is 10.0. The minimum atomic E-state index is -4.67. The summed E-state index contributed by atoms with van der Waals surface area (Å²) in [4.78, 5) is 12.5. The molecule has 208 valence electrons. The Morgan fingerprint density at radius 2 is 1.61 bits per heavy atom. The number of rotatable bonds is 8. The molecule has 3 heterocycles. The molecule has 1 saturated heterocycles. The molecule has 1 aliphatic rings. The van der Waals surface area contributed by atoms with Crippen LogP contribution >= 0.6 is 0 Å². The first-order chi connectivity index (χ1) is 16.6. The van der Waals surface area contributed by atoms with Gasteiger partial charge in [0, 0.05) is 13.6 Å². The number of fused-ring (bicyclic) bond motifs is 1. The summed E-state index contributed by atoms with van der Waals surface area (Å²) >= 11 is 0. The average Bonchev–Trinajstić information content (AvgIpc) is 3.24. The molecule has 2 aromatic rings. The SMILES string of the molecule is CNCCCNC[C@H]1O[C@@H](n2c(NC)nc3c(N)ncnc32)[C@H](O)[C@@H]1O.O=S(=O)(O)O.O=S(=O)(O)O. The Bertz CT molecular complexity index is 1130. The van der Waals surface area contributed by atoms with E-state index in [1.165, 1.54) is 6.33 Å². The highest BCUT2D eigenvalue weighted by atomic mass is 32.3. The Kier molecular flexibility index (Phi) is 12.2. The van der Waals surface area contributed by atoms with Crippen molar-refractivity contribution in [3.63, 3.8) is 0 Å². The highest BCUT2D eigenvalue weighted by Crippen LogP contribution is 2.34. The van der Waals surface area contributed by atoms with Crippen LogP contribution in [0.1, 0.15) is 12.6 Å². The number of nitrogen functional groups attached to an aromatic ring is 1. The lowest BCUT2D eigenvalue weighted by atomic mass is 10.1. The number of ether oxygens (including phenoxy) is 1. The highest BCUT2D eigenvalue weighted by molar-refractivity contribution is 7.80. The molecule has 19 nitrogen and oxygen atoms in total. The van der Waals surface area contributed by atoms with E-state index in [9.17, 15) is 10.2 Å². The zero-order valence-electron chi connectivity index (χ0n) is 19.1. The fourth-order valence-electron chi connectivity index (χ4n) is 3.09. The summed E-state index contributed by atoms with van der Waals surface area (Å²) in [5.41, 5.74) is 6.71. The molecule has 21 heteroatoms. The number of hydrogen-bond donors (Lipinski definition) is 10. The van der Waals surface area contributed by atoms with Gasteiger partial charge in [-0.2, -0.15) is 16.8 Å². The normalized spacial score (nSPS) is 21.9. The molecular weight excluding hydrogens is 532 g/mol. The van der Waals surface area contributed by atoms with Crippen molar-refractivity contribution in [1.29, 1.82) is 0 Å². The first-order valence-corrected chi connectivity index (χ1v) is 12.8. The zero-order valence-corrected chi connectivity index (χ0v) is 20.8. The second-order valence-electron chi connectivity index (χ2n) is 7.09. The lowest BCUT2D eigenvalue weighted by Crippen LogP contribution is -2.38. The van der Waals surface area contributed by atoms with Crippen molar-refractivity contribution >= 4 is 43.7 Å². The standard InChI is InChI=1S/C15H26N8O3.2H2O4S/c1-17-4-3-5-19-6-8-10(24)11(25)14(26-8)23-13-9(22-15(23)18-2)12(16)20-7-21-13;2*1-5(2,3)4/h7-8,10-11,14,17,19,24-25H,3-6H2,1-2H3,(H,18,22)(H2,16,20,21);2*(H2,1,2,3,4)/t8-,10-,11-,14-;;/m1../s1. The molecule has 0 bridgehead atoms. The van der Waals surface area contributed by atoms with E-state index < -0.39 is 45.3 Å². The lowest BCUT2D eigenvalue weighted by molar-refractivity contribution is -0.0328. The fraction of sp³-hybridized carbons (Fsp3) is 0.667. The molecule has 1 aliphatic heterocycles. The van der Waals surface area contributed by atoms with Gasteiger partial charge in [-0.05, 0) is 26.6 Å². The quantitative estimate of drug-likeness (QED) is 0.113. The van der Waals surface area contributed by atoms with Gasteiger partial charge >= 0.3 is 20.8 Å². The average molecular weight is 563 g/mol. The molecule has 0 spiro atoms. The molecule has 0 unspecified atom stereocenters. The van der Waals surface area contributed by atoms with Crippen molar-refractivity contribution in [1.82, 2.24) is 30.2 Å². The maximum atomic E-state index is 10.5. The summed E-state index contributed by atoms with van der Waals surface area (Å²) in [5.74, 6) is 0.659. The van der Waals surface area contributed by atoms with E-state index >= 15 is 0 Å². The van der Waals surface area contributed by atoms with E-state index in [2.05, 4.69) is 30.9 Å². The van der Waals surface area contributed by atoms with Gasteiger partial charge in [-0.15, -0.1) is 0 Å². The van der Waals surface area contributed by atoms with Crippen molar-refractivity contribution < 1.29 is 50.0 Å². The van der Waals surface area contributed by atoms with Crippen LogP contribution in [-0.2, 0) is 25.5 Å². The molecular formula is C15H30N8O11S2. The predicted octanol–water partition coefficient (Wildman–Crippen LogP) is -3.04. The Morgan fingerprint density at radius 3 is 2.14 bits per heavy atom. The number of aromatic nitrogens is 4. The van der Waals surface area contributed by atoms with Crippen LogP contribution < -0.4 is 21.7 Å². The number of aliphatic hydroxyl groups is 2. The van der Waals surface area contributed by atoms with Gasteiger partial charge < -0.3 is 36.6 Å². The van der Waals surface area contributed by atoms with Gasteiger partial charge in [0.05, 0.1) is 0 Å². The second-order valence-corrected chi connectivity index (χ2v) is 8.88. The van der Waals surface area contributed by atoms with Crippen LogP contribution in [0.4, 0.5) is 11.8 Å². The third-order valence-electron chi connectivity index (χ3n) is 4.45. The molecule has 1 fully saturated rings. The highest BCUT2D eigenvalue weighted by Gasteiger charge is 2.45. The van der Waals surface area contributed by atoms with Crippen molar-refractivity contribution in [2.45, 2.75) is 31.0 Å². The molecule has 0 aliphatic carbocycles. The fourth-order valence-corrected chi connectivity index (χ4v) is 3.09. The molecule has 3 rings (SSSR count). The van der Waals surface area contributed by atoms with Gasteiger partial charge in [-0.25, -0.2) is 15.0 Å². The molecule has 0 radical (unpaired) electrons. The van der Waals surface area contributed by atoms with Crippen LogP contribution in [0.5, 0.6) is 0 Å². The van der Waals surface area contributed by atoms with Crippen LogP contribution in [0.3, 0.4) is 0 Å². The number of imidazole rings is 1. The van der Waals surface area contributed by atoms with Crippen molar-refractivity contribution in [2.24, 2.45) is 0 Å². The molecule has 11 N–H and O–H groups in total. The van der Waals surface area contributed by atoms with E-state index in [1.54, 1.807) is 11.6 Å². The number of nitrogens with zero attached hydrogens (tertiary/aromatic N) is 4. The topological polar surface area (TPSA) is 305 Å². The molecule has 0 aromatic carbocycles. The largest absolute Gasteiger partial charge is 0.394 e. The van der Waals surface area contributed by atoms with Crippen LogP contribution in [0.2, 0.25) is 0 Å². The summed E-state index contributed by atoms with van der Waals surface area (Å²) in [6.45, 7) is 2.12. The van der Waals surface area contributed by atoms with Gasteiger partial charge in [0.1, 0.15) is 24.6 Å². The van der Waals surface area contributed by atoms with Gasteiger partial charge in [0.15, 0.2) is 23.2 Å². The van der Waals surface area contributed by atoms with Crippen molar-refractivity contribution in [2.75, 3.05) is 44.8 Å². The molecule has 4 atom stereocenters.